The first-order valence-corrected chi connectivity index (χ1v) is 9.12. The van der Waals surface area contributed by atoms with Crippen molar-refractivity contribution in [2.24, 2.45) is 0 Å². The van der Waals surface area contributed by atoms with Gasteiger partial charge in [0.2, 0.25) is 5.91 Å². The molecular formula is C20H13F2N3O2S. The zero-order chi connectivity index (χ0) is 19.7. The van der Waals surface area contributed by atoms with Gasteiger partial charge in [0.05, 0.1) is 17.5 Å². The highest BCUT2D eigenvalue weighted by atomic mass is 32.1. The molecular weight excluding hydrogens is 384 g/mol. The molecule has 0 unspecified atom stereocenters. The summed E-state index contributed by atoms with van der Waals surface area (Å²) in [5.74, 6) is -2.10. The third kappa shape index (κ3) is 3.54. The summed E-state index contributed by atoms with van der Waals surface area (Å²) in [5, 5.41) is 2.27. The number of amides is 1. The maximum absolute atomic E-state index is 13.7. The van der Waals surface area contributed by atoms with Crippen LogP contribution >= 0.6 is 11.3 Å². The number of halogens is 2. The van der Waals surface area contributed by atoms with Crippen molar-refractivity contribution in [3.63, 3.8) is 0 Å². The maximum Gasteiger partial charge on any atom is 0.271 e. The first kappa shape index (κ1) is 18.0. The van der Waals surface area contributed by atoms with Gasteiger partial charge >= 0.3 is 0 Å². The maximum atomic E-state index is 13.7. The van der Waals surface area contributed by atoms with E-state index in [1.54, 1.807) is 0 Å². The van der Waals surface area contributed by atoms with Gasteiger partial charge in [0, 0.05) is 10.9 Å². The molecule has 0 saturated carbocycles. The zero-order valence-electron chi connectivity index (χ0n) is 14.4. The molecule has 0 fully saturated rings. The van der Waals surface area contributed by atoms with E-state index in [9.17, 15) is 18.4 Å². The van der Waals surface area contributed by atoms with Crippen LogP contribution in [-0.2, 0) is 11.3 Å². The van der Waals surface area contributed by atoms with Crippen LogP contribution < -0.4 is 10.9 Å². The molecule has 2 heterocycles. The first-order chi connectivity index (χ1) is 13.5. The molecule has 5 nitrogen and oxygen atoms in total. The van der Waals surface area contributed by atoms with Crippen LogP contribution in [0.15, 0.2) is 65.7 Å². The lowest BCUT2D eigenvalue weighted by Crippen LogP contribution is -2.27. The number of rotatable bonds is 4. The quantitative estimate of drug-likeness (QED) is 0.565. The molecule has 0 saturated heterocycles. The highest BCUT2D eigenvalue weighted by Crippen LogP contribution is 2.30. The van der Waals surface area contributed by atoms with Crippen molar-refractivity contribution in [3.8, 4) is 10.4 Å². The van der Waals surface area contributed by atoms with E-state index in [0.29, 0.717) is 10.2 Å². The van der Waals surface area contributed by atoms with E-state index in [1.165, 1.54) is 17.7 Å². The molecule has 28 heavy (non-hydrogen) atoms. The second-order valence-corrected chi connectivity index (χ2v) is 7.09. The molecule has 0 atom stereocenters. The molecule has 1 N–H and O–H groups in total. The standard InChI is InChI=1S/C20H13F2N3O2S/c21-13-6-7-14(22)15(8-13)24-18(26)10-25-11-23-16-9-17(28-19(16)20(25)27)12-4-2-1-3-5-12/h1-9,11H,10H2,(H,24,26). The summed E-state index contributed by atoms with van der Waals surface area (Å²) < 4.78 is 28.4. The second kappa shape index (κ2) is 7.32. The molecule has 0 spiro atoms. The number of aromatic nitrogens is 2. The molecule has 2 aromatic carbocycles. The van der Waals surface area contributed by atoms with Crippen molar-refractivity contribution in [2.45, 2.75) is 6.54 Å². The van der Waals surface area contributed by atoms with E-state index in [0.717, 1.165) is 33.2 Å². The number of anilines is 1. The number of hydrogen-bond donors (Lipinski definition) is 1. The Hall–Kier alpha value is -3.39. The van der Waals surface area contributed by atoms with Crippen LogP contribution in [0, 0.1) is 11.6 Å². The predicted octanol–water partition coefficient (Wildman–Crippen LogP) is 4.04. The van der Waals surface area contributed by atoms with Crippen LogP contribution in [0.2, 0.25) is 0 Å². The molecule has 4 rings (SSSR count). The number of fused-ring (bicyclic) bond motifs is 1. The van der Waals surface area contributed by atoms with E-state index in [4.69, 9.17) is 0 Å². The van der Waals surface area contributed by atoms with Gasteiger partial charge in [0.1, 0.15) is 22.9 Å². The van der Waals surface area contributed by atoms with Gasteiger partial charge < -0.3 is 5.32 Å². The topological polar surface area (TPSA) is 64.0 Å². The van der Waals surface area contributed by atoms with Gasteiger partial charge in [-0.1, -0.05) is 30.3 Å². The summed E-state index contributed by atoms with van der Waals surface area (Å²) in [6.07, 6.45) is 1.27. The fraction of sp³-hybridized carbons (Fsp3) is 0.0500. The highest BCUT2D eigenvalue weighted by molar-refractivity contribution is 7.22. The largest absolute Gasteiger partial charge is 0.322 e. The van der Waals surface area contributed by atoms with Crippen molar-refractivity contribution in [1.29, 1.82) is 0 Å². The lowest BCUT2D eigenvalue weighted by atomic mass is 10.2. The SMILES string of the molecule is O=C(Cn1cnc2cc(-c3ccccc3)sc2c1=O)Nc1cc(F)ccc1F. The van der Waals surface area contributed by atoms with Crippen molar-refractivity contribution in [3.05, 3.63) is 82.9 Å². The van der Waals surface area contributed by atoms with Crippen LogP contribution in [0.3, 0.4) is 0 Å². The average molecular weight is 397 g/mol. The summed E-state index contributed by atoms with van der Waals surface area (Å²) >= 11 is 1.29. The van der Waals surface area contributed by atoms with Crippen LogP contribution in [0.4, 0.5) is 14.5 Å². The predicted molar refractivity (Wildman–Crippen MR) is 104 cm³/mol. The smallest absolute Gasteiger partial charge is 0.271 e. The van der Waals surface area contributed by atoms with E-state index in [1.807, 2.05) is 36.4 Å². The Balaban J connectivity index is 1.60. The molecule has 0 aliphatic rings. The van der Waals surface area contributed by atoms with Gasteiger partial charge in [0.25, 0.3) is 5.56 Å². The lowest BCUT2D eigenvalue weighted by molar-refractivity contribution is -0.116. The van der Waals surface area contributed by atoms with Gasteiger partial charge in [-0.3, -0.25) is 14.2 Å². The Morgan fingerprint density at radius 3 is 2.68 bits per heavy atom. The third-order valence-electron chi connectivity index (χ3n) is 4.08. The summed E-state index contributed by atoms with van der Waals surface area (Å²) in [4.78, 5) is 30.0. The Morgan fingerprint density at radius 1 is 1.11 bits per heavy atom. The zero-order valence-corrected chi connectivity index (χ0v) is 15.2. The van der Waals surface area contributed by atoms with Gasteiger partial charge in [-0.05, 0) is 23.8 Å². The minimum atomic E-state index is -0.763. The number of thiophene rings is 1. The normalized spacial score (nSPS) is 10.9. The van der Waals surface area contributed by atoms with Gasteiger partial charge in [-0.25, -0.2) is 13.8 Å². The monoisotopic (exact) mass is 397 g/mol. The number of carbonyl (C=O) groups excluding carboxylic acids is 1. The van der Waals surface area contributed by atoms with Crippen molar-refractivity contribution in [2.75, 3.05) is 5.32 Å². The molecule has 0 aliphatic heterocycles. The summed E-state index contributed by atoms with van der Waals surface area (Å²) in [7, 11) is 0. The minimum absolute atomic E-state index is 0.283. The number of nitrogens with one attached hydrogen (secondary N) is 1. The van der Waals surface area contributed by atoms with Gasteiger partial charge in [-0.15, -0.1) is 11.3 Å². The summed E-state index contributed by atoms with van der Waals surface area (Å²) in [6, 6.07) is 14.2. The van der Waals surface area contributed by atoms with Crippen molar-refractivity contribution in [1.82, 2.24) is 9.55 Å². The van der Waals surface area contributed by atoms with E-state index in [2.05, 4.69) is 10.3 Å². The molecule has 4 aromatic rings. The fourth-order valence-corrected chi connectivity index (χ4v) is 3.81. The molecule has 1 amide bonds. The Kier molecular flexibility index (Phi) is 4.70. The van der Waals surface area contributed by atoms with Crippen LogP contribution in [-0.4, -0.2) is 15.5 Å². The van der Waals surface area contributed by atoms with Crippen molar-refractivity contribution < 1.29 is 13.6 Å². The van der Waals surface area contributed by atoms with Crippen LogP contribution in [0.25, 0.3) is 20.7 Å². The third-order valence-corrected chi connectivity index (χ3v) is 5.24. The molecule has 8 heteroatoms. The number of hydrogen-bond acceptors (Lipinski definition) is 4. The number of nitrogens with zero attached hydrogens (tertiary/aromatic N) is 2. The Bertz CT molecular complexity index is 1240. The van der Waals surface area contributed by atoms with E-state index in [-0.39, 0.29) is 17.8 Å². The Morgan fingerprint density at radius 2 is 1.89 bits per heavy atom. The van der Waals surface area contributed by atoms with E-state index >= 15 is 0 Å². The van der Waals surface area contributed by atoms with Crippen molar-refractivity contribution >= 4 is 33.1 Å². The average Bonchev–Trinajstić information content (AvgIpc) is 3.13. The number of carbonyl (C=O) groups is 1. The Labute approximate surface area is 161 Å². The van der Waals surface area contributed by atoms with Crippen LogP contribution in [0.1, 0.15) is 0 Å². The van der Waals surface area contributed by atoms with E-state index < -0.39 is 17.5 Å². The molecule has 0 bridgehead atoms. The first-order valence-electron chi connectivity index (χ1n) is 8.30. The van der Waals surface area contributed by atoms with Gasteiger partial charge in [-0.2, -0.15) is 0 Å². The molecule has 2 aromatic heterocycles. The van der Waals surface area contributed by atoms with Gasteiger partial charge in [0.15, 0.2) is 0 Å². The summed E-state index contributed by atoms with van der Waals surface area (Å²) in [6.45, 7) is -0.365. The lowest BCUT2D eigenvalue weighted by Gasteiger charge is -2.08. The highest BCUT2D eigenvalue weighted by Gasteiger charge is 2.14. The molecule has 0 aliphatic carbocycles. The second-order valence-electron chi connectivity index (χ2n) is 6.04. The molecule has 0 radical (unpaired) electrons. The minimum Gasteiger partial charge on any atom is -0.322 e. The fourth-order valence-electron chi connectivity index (χ4n) is 2.74. The van der Waals surface area contributed by atoms with Crippen LogP contribution in [0.5, 0.6) is 0 Å². The number of benzene rings is 2. The molecule has 140 valence electrons. The summed E-state index contributed by atoms with van der Waals surface area (Å²) in [5.41, 5.74) is 0.860.